The highest BCUT2D eigenvalue weighted by Crippen LogP contribution is 2.33. The van der Waals surface area contributed by atoms with Gasteiger partial charge in [-0.25, -0.2) is 4.98 Å². The first kappa shape index (κ1) is 26.5. The molecule has 0 saturated heterocycles. The van der Waals surface area contributed by atoms with Gasteiger partial charge in [0.15, 0.2) is 11.8 Å². The lowest BCUT2D eigenvalue weighted by Gasteiger charge is -2.13. The van der Waals surface area contributed by atoms with Gasteiger partial charge in [-0.05, 0) is 47.5 Å². The van der Waals surface area contributed by atoms with E-state index in [2.05, 4.69) is 20.5 Å². The molecule has 2 heterocycles. The molecule has 0 spiro atoms. The fourth-order valence-electron chi connectivity index (χ4n) is 3.73. The molecule has 200 valence electrons. The molecule has 1 amide bonds. The summed E-state index contributed by atoms with van der Waals surface area (Å²) in [5.74, 6) is -2.35. The van der Waals surface area contributed by atoms with Gasteiger partial charge in [-0.15, -0.1) is 21.5 Å². The number of amides is 1. The van der Waals surface area contributed by atoms with Crippen LogP contribution in [0, 0.1) is 0 Å². The van der Waals surface area contributed by atoms with Gasteiger partial charge in [0.25, 0.3) is 16.0 Å². The van der Waals surface area contributed by atoms with Crippen molar-refractivity contribution >= 4 is 37.6 Å². The Bertz CT molecular complexity index is 1750. The number of hydrogen-bond acceptors (Lipinski definition) is 8. The third-order valence-corrected chi connectivity index (χ3v) is 7.24. The second kappa shape index (κ2) is 10.2. The fraction of sp³-hybridized carbons (Fsp3) is 0.120. The SMILES string of the molecule is O=C(NC(c1nnc(CS(=O)(=O)O)o1)c1nc2ccc(-c3ccccc3)cc2s1)c1ccc(C(F)(F)F)cc1. The van der Waals surface area contributed by atoms with Crippen molar-refractivity contribution in [3.63, 3.8) is 0 Å². The lowest BCUT2D eigenvalue weighted by Crippen LogP contribution is -2.29. The quantitative estimate of drug-likeness (QED) is 0.251. The second-order valence-corrected chi connectivity index (χ2v) is 10.9. The number of thiazole rings is 1. The van der Waals surface area contributed by atoms with E-state index in [-0.39, 0.29) is 11.5 Å². The Morgan fingerprint density at radius 1 is 1.00 bits per heavy atom. The van der Waals surface area contributed by atoms with E-state index in [0.717, 1.165) is 40.1 Å². The van der Waals surface area contributed by atoms with Gasteiger partial charge < -0.3 is 9.73 Å². The first-order valence-electron chi connectivity index (χ1n) is 11.2. The van der Waals surface area contributed by atoms with Crippen molar-refractivity contribution in [3.8, 4) is 11.1 Å². The van der Waals surface area contributed by atoms with E-state index in [0.29, 0.717) is 10.5 Å². The monoisotopic (exact) mass is 574 g/mol. The molecule has 0 fully saturated rings. The number of aromatic nitrogens is 3. The summed E-state index contributed by atoms with van der Waals surface area (Å²) in [6, 6.07) is 17.7. The van der Waals surface area contributed by atoms with Gasteiger partial charge in [0.1, 0.15) is 5.01 Å². The molecular formula is C25H17F3N4O5S2. The summed E-state index contributed by atoms with van der Waals surface area (Å²) >= 11 is 1.20. The van der Waals surface area contributed by atoms with E-state index < -0.39 is 45.5 Å². The molecule has 2 aromatic heterocycles. The van der Waals surface area contributed by atoms with Crippen LogP contribution < -0.4 is 5.32 Å². The first-order valence-corrected chi connectivity index (χ1v) is 13.6. The smallest absolute Gasteiger partial charge is 0.416 e. The maximum atomic E-state index is 13.0. The molecule has 5 aromatic rings. The van der Waals surface area contributed by atoms with Gasteiger partial charge in [0, 0.05) is 5.56 Å². The van der Waals surface area contributed by atoms with E-state index in [1.54, 1.807) is 6.07 Å². The number of halogens is 3. The number of hydrogen-bond donors (Lipinski definition) is 2. The summed E-state index contributed by atoms with van der Waals surface area (Å²) in [5, 5.41) is 10.4. The molecule has 9 nitrogen and oxygen atoms in total. The minimum absolute atomic E-state index is 0.0712. The Labute approximate surface area is 223 Å². The van der Waals surface area contributed by atoms with Crippen LogP contribution >= 0.6 is 11.3 Å². The first-order chi connectivity index (χ1) is 18.5. The van der Waals surface area contributed by atoms with Crippen LogP contribution in [-0.4, -0.2) is 34.1 Å². The third-order valence-electron chi connectivity index (χ3n) is 5.54. The summed E-state index contributed by atoms with van der Waals surface area (Å²) in [4.78, 5) is 17.6. The predicted octanol–water partition coefficient (Wildman–Crippen LogP) is 5.27. The maximum Gasteiger partial charge on any atom is 0.416 e. The largest absolute Gasteiger partial charge is 0.421 e. The lowest BCUT2D eigenvalue weighted by molar-refractivity contribution is -0.137. The van der Waals surface area contributed by atoms with Crippen molar-refractivity contribution in [2.45, 2.75) is 18.0 Å². The maximum absolute atomic E-state index is 13.0. The molecule has 0 bridgehead atoms. The molecule has 1 atom stereocenters. The molecule has 14 heteroatoms. The van der Waals surface area contributed by atoms with Gasteiger partial charge >= 0.3 is 6.18 Å². The van der Waals surface area contributed by atoms with Crippen molar-refractivity contribution in [2.24, 2.45) is 0 Å². The van der Waals surface area contributed by atoms with Crippen molar-refractivity contribution in [1.29, 1.82) is 0 Å². The van der Waals surface area contributed by atoms with Gasteiger partial charge in [-0.2, -0.15) is 21.6 Å². The van der Waals surface area contributed by atoms with Crippen molar-refractivity contribution < 1.29 is 35.4 Å². The summed E-state index contributed by atoms with van der Waals surface area (Å²) in [5.41, 5.74) is 1.52. The Morgan fingerprint density at radius 2 is 1.72 bits per heavy atom. The van der Waals surface area contributed by atoms with Gasteiger partial charge in [0.2, 0.25) is 11.8 Å². The molecule has 0 aliphatic rings. The zero-order valence-electron chi connectivity index (χ0n) is 19.6. The van der Waals surface area contributed by atoms with E-state index in [1.165, 1.54) is 11.3 Å². The predicted molar refractivity (Wildman–Crippen MR) is 135 cm³/mol. The van der Waals surface area contributed by atoms with Crippen LogP contribution in [0.1, 0.15) is 38.8 Å². The number of benzene rings is 3. The molecule has 1 unspecified atom stereocenters. The summed E-state index contributed by atoms with van der Waals surface area (Å²) in [6.07, 6.45) is -4.57. The summed E-state index contributed by atoms with van der Waals surface area (Å²) in [7, 11) is -4.48. The summed E-state index contributed by atoms with van der Waals surface area (Å²) < 4.78 is 76.6. The van der Waals surface area contributed by atoms with E-state index in [1.807, 2.05) is 42.5 Å². The van der Waals surface area contributed by atoms with Gasteiger partial charge in [-0.3, -0.25) is 9.35 Å². The lowest BCUT2D eigenvalue weighted by atomic mass is 10.1. The van der Waals surface area contributed by atoms with Crippen molar-refractivity contribution in [3.05, 3.63) is 101 Å². The number of carbonyl (C=O) groups is 1. The number of nitrogens with one attached hydrogen (secondary N) is 1. The topological polar surface area (TPSA) is 135 Å². The summed E-state index contributed by atoms with van der Waals surface area (Å²) in [6.45, 7) is 0. The minimum Gasteiger partial charge on any atom is -0.421 e. The van der Waals surface area contributed by atoms with Crippen LogP contribution in [0.15, 0.2) is 77.2 Å². The van der Waals surface area contributed by atoms with Crippen LogP contribution in [0.4, 0.5) is 13.2 Å². The van der Waals surface area contributed by atoms with Gasteiger partial charge in [-0.1, -0.05) is 36.4 Å². The van der Waals surface area contributed by atoms with Gasteiger partial charge in [0.05, 0.1) is 15.8 Å². The molecule has 3 aromatic carbocycles. The molecule has 0 saturated carbocycles. The minimum atomic E-state index is -4.57. The molecule has 39 heavy (non-hydrogen) atoms. The molecule has 0 aliphatic heterocycles. The average Bonchev–Trinajstić information content (AvgIpc) is 3.52. The number of fused-ring (bicyclic) bond motifs is 1. The average molecular weight is 575 g/mol. The Kier molecular flexibility index (Phi) is 6.92. The number of nitrogens with zero attached hydrogens (tertiary/aromatic N) is 3. The standard InChI is InChI=1S/C25H17F3N4O5S2/c26-25(27,28)17-9-6-15(7-10-17)22(33)30-21(23-32-31-20(37-23)13-39(34,35)36)24-29-18-11-8-16(12-19(18)38-24)14-4-2-1-3-5-14/h1-12,21H,13H2,(H,30,33)(H,34,35,36). The number of alkyl halides is 3. The molecule has 5 rings (SSSR count). The normalized spacial score (nSPS) is 12.9. The van der Waals surface area contributed by atoms with Crippen molar-refractivity contribution in [2.75, 3.05) is 0 Å². The Morgan fingerprint density at radius 3 is 2.38 bits per heavy atom. The van der Waals surface area contributed by atoms with Crippen LogP contribution in [0.2, 0.25) is 0 Å². The fourth-order valence-corrected chi connectivity index (χ4v) is 5.21. The molecule has 2 N–H and O–H groups in total. The van der Waals surface area contributed by atoms with E-state index in [9.17, 15) is 26.4 Å². The molecule has 0 aliphatic carbocycles. The Balaban J connectivity index is 1.51. The number of carbonyl (C=O) groups excluding carboxylic acids is 1. The highest BCUT2D eigenvalue weighted by molar-refractivity contribution is 7.84. The van der Waals surface area contributed by atoms with E-state index in [4.69, 9.17) is 8.97 Å². The Hall–Kier alpha value is -4.14. The second-order valence-electron chi connectivity index (χ2n) is 8.34. The third kappa shape index (κ3) is 6.13. The highest BCUT2D eigenvalue weighted by atomic mass is 32.2. The highest BCUT2D eigenvalue weighted by Gasteiger charge is 2.31. The molecule has 0 radical (unpaired) electrons. The zero-order chi connectivity index (χ0) is 27.8. The van der Waals surface area contributed by atoms with Crippen molar-refractivity contribution in [1.82, 2.24) is 20.5 Å². The van der Waals surface area contributed by atoms with E-state index >= 15 is 0 Å². The number of rotatable bonds is 7. The van der Waals surface area contributed by atoms with Crippen LogP contribution in [-0.2, 0) is 22.0 Å². The zero-order valence-corrected chi connectivity index (χ0v) is 21.2. The van der Waals surface area contributed by atoms with Crippen LogP contribution in [0.3, 0.4) is 0 Å². The van der Waals surface area contributed by atoms with Crippen LogP contribution in [0.5, 0.6) is 0 Å². The molecular weight excluding hydrogens is 557 g/mol. The van der Waals surface area contributed by atoms with Crippen LogP contribution in [0.25, 0.3) is 21.3 Å².